The summed E-state index contributed by atoms with van der Waals surface area (Å²) in [7, 11) is 2.76. The Balaban J connectivity index is 2.51. The number of carbonyl (C=O) groups excluding carboxylic acids is 1. The van der Waals surface area contributed by atoms with E-state index in [4.69, 9.17) is 4.74 Å². The van der Waals surface area contributed by atoms with E-state index in [0.717, 1.165) is 0 Å². The smallest absolute Gasteiger partial charge is 0.356 e. The summed E-state index contributed by atoms with van der Waals surface area (Å²) in [5, 5.41) is 0. The van der Waals surface area contributed by atoms with Crippen LogP contribution in [-0.4, -0.2) is 35.1 Å². The monoisotopic (exact) mass is 245 g/mol. The summed E-state index contributed by atoms with van der Waals surface area (Å²) in [6, 6.07) is 4.98. The minimum Gasteiger partial charge on any atom is -0.481 e. The maximum Gasteiger partial charge on any atom is 0.356 e. The van der Waals surface area contributed by atoms with Gasteiger partial charge in [0.2, 0.25) is 5.88 Å². The molecular weight excluding hydrogens is 234 g/mol. The van der Waals surface area contributed by atoms with E-state index >= 15 is 0 Å². The Morgan fingerprint density at radius 2 is 2.11 bits per heavy atom. The Morgan fingerprint density at radius 1 is 1.28 bits per heavy atom. The van der Waals surface area contributed by atoms with Gasteiger partial charge in [0.1, 0.15) is 0 Å². The van der Waals surface area contributed by atoms with Gasteiger partial charge in [0.25, 0.3) is 0 Å². The van der Waals surface area contributed by atoms with Crippen LogP contribution in [0.25, 0.3) is 11.4 Å². The minimum atomic E-state index is -0.541. The Bertz CT molecular complexity index is 558. The van der Waals surface area contributed by atoms with Crippen molar-refractivity contribution < 1.29 is 14.3 Å². The first-order valence-corrected chi connectivity index (χ1v) is 5.16. The molecule has 0 saturated heterocycles. The highest BCUT2D eigenvalue weighted by Gasteiger charge is 2.13. The van der Waals surface area contributed by atoms with Crippen molar-refractivity contribution in [3.05, 3.63) is 36.3 Å². The van der Waals surface area contributed by atoms with Crippen LogP contribution in [0, 0.1) is 0 Å². The molecule has 2 rings (SSSR count). The van der Waals surface area contributed by atoms with Gasteiger partial charge in [0, 0.05) is 24.0 Å². The zero-order chi connectivity index (χ0) is 13.0. The molecule has 0 N–H and O–H groups in total. The Hall–Kier alpha value is -2.50. The third-order valence-corrected chi connectivity index (χ3v) is 2.23. The molecule has 6 heteroatoms. The summed E-state index contributed by atoms with van der Waals surface area (Å²) < 4.78 is 9.66. The van der Waals surface area contributed by atoms with Crippen LogP contribution < -0.4 is 4.74 Å². The summed E-state index contributed by atoms with van der Waals surface area (Å²) in [6.07, 6.45) is 3.25. The van der Waals surface area contributed by atoms with Crippen LogP contribution in [0.2, 0.25) is 0 Å². The molecule has 0 radical (unpaired) electrons. The first-order chi connectivity index (χ1) is 8.74. The second kappa shape index (κ2) is 5.22. The van der Waals surface area contributed by atoms with E-state index in [-0.39, 0.29) is 5.69 Å². The summed E-state index contributed by atoms with van der Waals surface area (Å²) in [5.74, 6) is 0.118. The highest BCUT2D eigenvalue weighted by Crippen LogP contribution is 2.18. The Labute approximate surface area is 104 Å². The molecular formula is C12H11N3O3. The van der Waals surface area contributed by atoms with E-state index in [2.05, 4.69) is 19.7 Å². The lowest BCUT2D eigenvalue weighted by Crippen LogP contribution is -2.07. The fourth-order valence-electron chi connectivity index (χ4n) is 1.36. The van der Waals surface area contributed by atoms with Crippen LogP contribution in [0.4, 0.5) is 0 Å². The highest BCUT2D eigenvalue weighted by atomic mass is 16.5. The Morgan fingerprint density at radius 3 is 2.72 bits per heavy atom. The van der Waals surface area contributed by atoms with Gasteiger partial charge < -0.3 is 9.47 Å². The largest absolute Gasteiger partial charge is 0.481 e. The van der Waals surface area contributed by atoms with E-state index < -0.39 is 5.97 Å². The van der Waals surface area contributed by atoms with Crippen LogP contribution >= 0.6 is 0 Å². The van der Waals surface area contributed by atoms with Crippen molar-refractivity contribution in [2.45, 2.75) is 0 Å². The van der Waals surface area contributed by atoms with Crippen molar-refractivity contribution in [3.63, 3.8) is 0 Å². The van der Waals surface area contributed by atoms with Crippen LogP contribution in [0.5, 0.6) is 5.88 Å². The summed E-state index contributed by atoms with van der Waals surface area (Å²) >= 11 is 0. The predicted molar refractivity (Wildman–Crippen MR) is 63.2 cm³/mol. The van der Waals surface area contributed by atoms with Gasteiger partial charge in [-0.15, -0.1) is 0 Å². The molecule has 0 amide bonds. The maximum absolute atomic E-state index is 11.5. The number of pyridine rings is 1. The molecule has 0 unspecified atom stereocenters. The molecule has 18 heavy (non-hydrogen) atoms. The zero-order valence-electron chi connectivity index (χ0n) is 9.95. The lowest BCUT2D eigenvalue weighted by atomic mass is 10.2. The minimum absolute atomic E-state index is 0.142. The molecule has 2 heterocycles. The van der Waals surface area contributed by atoms with E-state index in [0.29, 0.717) is 17.3 Å². The van der Waals surface area contributed by atoms with Gasteiger partial charge in [0.05, 0.1) is 14.2 Å². The highest BCUT2D eigenvalue weighted by molar-refractivity contribution is 5.88. The zero-order valence-corrected chi connectivity index (χ0v) is 9.95. The first kappa shape index (κ1) is 12.0. The molecule has 2 aromatic heterocycles. The molecule has 0 saturated carbocycles. The van der Waals surface area contributed by atoms with E-state index in [1.165, 1.54) is 20.3 Å². The number of esters is 1. The average molecular weight is 245 g/mol. The topological polar surface area (TPSA) is 74.2 Å². The molecule has 0 aliphatic rings. The SMILES string of the molecule is COC(=O)c1cc(OC)nc(-c2cccnc2)n1. The molecule has 0 aliphatic carbocycles. The standard InChI is InChI=1S/C12H11N3O3/c1-17-10-6-9(12(16)18-2)14-11(15-10)8-4-3-5-13-7-8/h3-7H,1-2H3. The maximum atomic E-state index is 11.5. The van der Waals surface area contributed by atoms with Gasteiger partial charge in [-0.05, 0) is 12.1 Å². The van der Waals surface area contributed by atoms with Gasteiger partial charge in [0.15, 0.2) is 11.5 Å². The summed E-state index contributed by atoms with van der Waals surface area (Å²) in [5.41, 5.74) is 0.838. The normalized spacial score (nSPS) is 9.89. The number of aromatic nitrogens is 3. The van der Waals surface area contributed by atoms with Crippen molar-refractivity contribution in [1.29, 1.82) is 0 Å². The van der Waals surface area contributed by atoms with E-state index in [1.54, 1.807) is 24.5 Å². The summed E-state index contributed by atoms with van der Waals surface area (Å²) in [4.78, 5) is 23.7. The van der Waals surface area contributed by atoms with Crippen molar-refractivity contribution in [3.8, 4) is 17.3 Å². The van der Waals surface area contributed by atoms with Crippen LogP contribution in [0.1, 0.15) is 10.5 Å². The molecule has 6 nitrogen and oxygen atoms in total. The molecule has 0 atom stereocenters. The molecule has 0 aliphatic heterocycles. The quantitative estimate of drug-likeness (QED) is 0.759. The second-order valence-corrected chi connectivity index (χ2v) is 3.35. The molecule has 0 fully saturated rings. The number of nitrogens with zero attached hydrogens (tertiary/aromatic N) is 3. The Kier molecular flexibility index (Phi) is 3.47. The van der Waals surface area contributed by atoms with Crippen molar-refractivity contribution in [2.75, 3.05) is 14.2 Å². The van der Waals surface area contributed by atoms with Crippen molar-refractivity contribution in [1.82, 2.24) is 15.0 Å². The van der Waals surface area contributed by atoms with Crippen LogP contribution in [0.15, 0.2) is 30.6 Å². The number of carbonyl (C=O) groups is 1. The van der Waals surface area contributed by atoms with Crippen molar-refractivity contribution in [2.24, 2.45) is 0 Å². The fourth-order valence-corrected chi connectivity index (χ4v) is 1.36. The number of rotatable bonds is 3. The van der Waals surface area contributed by atoms with Gasteiger partial charge in [-0.2, -0.15) is 4.98 Å². The van der Waals surface area contributed by atoms with Crippen LogP contribution in [-0.2, 0) is 4.74 Å². The van der Waals surface area contributed by atoms with Gasteiger partial charge >= 0.3 is 5.97 Å². The molecule has 0 bridgehead atoms. The molecule has 0 aromatic carbocycles. The third kappa shape index (κ3) is 2.42. The third-order valence-electron chi connectivity index (χ3n) is 2.23. The first-order valence-electron chi connectivity index (χ1n) is 5.16. The van der Waals surface area contributed by atoms with E-state index in [9.17, 15) is 4.79 Å². The number of methoxy groups -OCH3 is 2. The van der Waals surface area contributed by atoms with Crippen molar-refractivity contribution >= 4 is 5.97 Å². The number of hydrogen-bond acceptors (Lipinski definition) is 6. The lowest BCUT2D eigenvalue weighted by Gasteiger charge is -2.05. The van der Waals surface area contributed by atoms with Gasteiger partial charge in [-0.3, -0.25) is 4.98 Å². The molecule has 0 spiro atoms. The van der Waals surface area contributed by atoms with Crippen LogP contribution in [0.3, 0.4) is 0 Å². The molecule has 92 valence electrons. The number of hydrogen-bond donors (Lipinski definition) is 0. The number of ether oxygens (including phenoxy) is 2. The molecule has 2 aromatic rings. The lowest BCUT2D eigenvalue weighted by molar-refractivity contribution is 0.0593. The average Bonchev–Trinajstić information content (AvgIpc) is 2.46. The summed E-state index contributed by atoms with van der Waals surface area (Å²) in [6.45, 7) is 0. The predicted octanol–water partition coefficient (Wildman–Crippen LogP) is 1.33. The van der Waals surface area contributed by atoms with Gasteiger partial charge in [-0.25, -0.2) is 9.78 Å². The second-order valence-electron chi connectivity index (χ2n) is 3.35. The van der Waals surface area contributed by atoms with E-state index in [1.807, 2.05) is 0 Å². The fraction of sp³-hybridized carbons (Fsp3) is 0.167. The van der Waals surface area contributed by atoms with Gasteiger partial charge in [-0.1, -0.05) is 0 Å².